The number of nitrogens with one attached hydrogen (secondary N) is 2. The fourth-order valence-electron chi connectivity index (χ4n) is 2.63. The van der Waals surface area contributed by atoms with Crippen LogP contribution in [0.5, 0.6) is 0 Å². The van der Waals surface area contributed by atoms with Crippen molar-refractivity contribution in [1.82, 2.24) is 4.83 Å². The number of sulfonamides is 1. The van der Waals surface area contributed by atoms with Crippen LogP contribution in [0.15, 0.2) is 82.8 Å². The Labute approximate surface area is 180 Å². The molecule has 0 saturated heterocycles. The first-order valence-corrected chi connectivity index (χ1v) is 10.9. The normalized spacial score (nSPS) is 11.8. The Bertz CT molecular complexity index is 1210. The van der Waals surface area contributed by atoms with Crippen LogP contribution in [0.3, 0.4) is 0 Å². The summed E-state index contributed by atoms with van der Waals surface area (Å²) in [6.45, 7) is 3.55. The third-order valence-corrected chi connectivity index (χ3v) is 5.88. The lowest BCUT2D eigenvalue weighted by Crippen LogP contribution is -2.20. The van der Waals surface area contributed by atoms with Gasteiger partial charge in [0.25, 0.3) is 15.9 Å². The molecule has 2 N–H and O–H groups in total. The molecule has 0 saturated carbocycles. The molecular formula is C22H20ClN3O3S. The zero-order valence-corrected chi connectivity index (χ0v) is 18.0. The number of amides is 1. The van der Waals surface area contributed by atoms with Gasteiger partial charge in [-0.15, -0.1) is 0 Å². The summed E-state index contributed by atoms with van der Waals surface area (Å²) in [6, 6.07) is 20.2. The van der Waals surface area contributed by atoms with E-state index in [-0.39, 0.29) is 10.8 Å². The van der Waals surface area contributed by atoms with Gasteiger partial charge in [0.05, 0.1) is 21.2 Å². The molecule has 8 heteroatoms. The average molecular weight is 442 g/mol. The number of rotatable bonds is 6. The van der Waals surface area contributed by atoms with E-state index in [9.17, 15) is 13.2 Å². The van der Waals surface area contributed by atoms with Gasteiger partial charge in [0.1, 0.15) is 0 Å². The second kappa shape index (κ2) is 9.11. The minimum Gasteiger partial charge on any atom is -0.322 e. The van der Waals surface area contributed by atoms with E-state index in [2.05, 4.69) is 15.2 Å². The molecule has 0 aliphatic carbocycles. The van der Waals surface area contributed by atoms with E-state index in [4.69, 9.17) is 11.6 Å². The molecule has 3 aromatic rings. The van der Waals surface area contributed by atoms with Gasteiger partial charge in [-0.25, -0.2) is 0 Å². The summed E-state index contributed by atoms with van der Waals surface area (Å²) in [5.41, 5.74) is 2.96. The molecule has 3 aromatic carbocycles. The summed E-state index contributed by atoms with van der Waals surface area (Å²) in [7, 11) is -3.77. The molecule has 0 spiro atoms. The van der Waals surface area contributed by atoms with E-state index >= 15 is 0 Å². The average Bonchev–Trinajstić information content (AvgIpc) is 2.73. The molecule has 30 heavy (non-hydrogen) atoms. The zero-order chi connectivity index (χ0) is 21.7. The zero-order valence-electron chi connectivity index (χ0n) is 16.4. The molecule has 154 valence electrons. The van der Waals surface area contributed by atoms with Crippen molar-refractivity contribution in [2.45, 2.75) is 18.7 Å². The molecule has 0 radical (unpaired) electrons. The molecule has 0 aliphatic heterocycles. The van der Waals surface area contributed by atoms with Crippen molar-refractivity contribution in [1.29, 1.82) is 0 Å². The van der Waals surface area contributed by atoms with E-state index in [1.807, 2.05) is 6.92 Å². The molecule has 3 rings (SSSR count). The van der Waals surface area contributed by atoms with E-state index in [0.717, 1.165) is 5.56 Å². The SMILES string of the molecule is CC(=NNS(=O)(=O)c1ccc(C)cc1)c1cccc(NC(=O)c2ccccc2Cl)c1. The smallest absolute Gasteiger partial charge is 0.276 e. The van der Waals surface area contributed by atoms with Crippen molar-refractivity contribution in [3.63, 3.8) is 0 Å². The maximum absolute atomic E-state index is 12.4. The molecular weight excluding hydrogens is 422 g/mol. The fourth-order valence-corrected chi connectivity index (χ4v) is 3.71. The third kappa shape index (κ3) is 5.25. The number of halogens is 1. The number of benzene rings is 3. The summed E-state index contributed by atoms with van der Waals surface area (Å²) >= 11 is 6.07. The van der Waals surface area contributed by atoms with Crippen LogP contribution in [0.25, 0.3) is 0 Å². The third-order valence-electron chi connectivity index (χ3n) is 4.32. The summed E-state index contributed by atoms with van der Waals surface area (Å²) in [4.78, 5) is 14.8. The van der Waals surface area contributed by atoms with Crippen LogP contribution < -0.4 is 10.1 Å². The van der Waals surface area contributed by atoms with Gasteiger partial charge in [-0.1, -0.05) is 53.6 Å². The Morgan fingerprint density at radius 3 is 2.37 bits per heavy atom. The second-order valence-corrected chi connectivity index (χ2v) is 8.69. The van der Waals surface area contributed by atoms with Crippen LogP contribution in [0.4, 0.5) is 5.69 Å². The first-order valence-electron chi connectivity index (χ1n) is 9.05. The number of hydrazone groups is 1. The molecule has 1 amide bonds. The molecule has 0 unspecified atom stereocenters. The van der Waals surface area contributed by atoms with E-state index in [1.54, 1.807) is 67.6 Å². The van der Waals surface area contributed by atoms with Crippen LogP contribution in [-0.2, 0) is 10.0 Å². The molecule has 0 aromatic heterocycles. The maximum atomic E-state index is 12.4. The Balaban J connectivity index is 1.75. The standard InChI is InChI=1S/C22H20ClN3O3S/c1-15-10-12-19(13-11-15)30(28,29)26-25-16(2)17-6-5-7-18(14-17)24-22(27)20-8-3-4-9-21(20)23/h3-14,26H,1-2H3,(H,24,27). The Morgan fingerprint density at radius 1 is 0.967 bits per heavy atom. The Kier molecular flexibility index (Phi) is 6.54. The second-order valence-electron chi connectivity index (χ2n) is 6.62. The van der Waals surface area contributed by atoms with Gasteiger partial charge in [0.2, 0.25) is 0 Å². The fraction of sp³-hybridized carbons (Fsp3) is 0.0909. The molecule has 0 aliphatic rings. The van der Waals surface area contributed by atoms with Crippen molar-refractivity contribution in [3.05, 3.63) is 94.5 Å². The summed E-state index contributed by atoms with van der Waals surface area (Å²) in [5, 5.41) is 7.14. The Hall–Kier alpha value is -3.16. The van der Waals surface area contributed by atoms with E-state index < -0.39 is 10.0 Å². The highest BCUT2D eigenvalue weighted by atomic mass is 35.5. The minimum atomic E-state index is -3.77. The highest BCUT2D eigenvalue weighted by Crippen LogP contribution is 2.18. The van der Waals surface area contributed by atoms with Gasteiger partial charge in [0, 0.05) is 5.69 Å². The van der Waals surface area contributed by atoms with Crippen molar-refractivity contribution < 1.29 is 13.2 Å². The van der Waals surface area contributed by atoms with Gasteiger partial charge >= 0.3 is 0 Å². The van der Waals surface area contributed by atoms with Crippen LogP contribution >= 0.6 is 11.6 Å². The summed E-state index contributed by atoms with van der Waals surface area (Å²) in [5.74, 6) is -0.340. The number of aryl methyl sites for hydroxylation is 1. The first kappa shape index (κ1) is 21.5. The van der Waals surface area contributed by atoms with Gasteiger partial charge in [-0.05, 0) is 55.8 Å². The largest absolute Gasteiger partial charge is 0.322 e. The van der Waals surface area contributed by atoms with Gasteiger partial charge in [-0.3, -0.25) is 4.79 Å². The molecule has 0 bridgehead atoms. The summed E-state index contributed by atoms with van der Waals surface area (Å²) < 4.78 is 24.8. The molecule has 0 atom stereocenters. The van der Waals surface area contributed by atoms with E-state index in [0.29, 0.717) is 27.5 Å². The number of anilines is 1. The highest BCUT2D eigenvalue weighted by Gasteiger charge is 2.13. The minimum absolute atomic E-state index is 0.130. The number of nitrogens with zero attached hydrogens (tertiary/aromatic N) is 1. The number of hydrogen-bond acceptors (Lipinski definition) is 4. The number of hydrogen-bond donors (Lipinski definition) is 2. The summed E-state index contributed by atoms with van der Waals surface area (Å²) in [6.07, 6.45) is 0. The molecule has 6 nitrogen and oxygen atoms in total. The van der Waals surface area contributed by atoms with Gasteiger partial charge < -0.3 is 5.32 Å². The lowest BCUT2D eigenvalue weighted by atomic mass is 10.1. The lowest BCUT2D eigenvalue weighted by Gasteiger charge is -2.09. The first-order chi connectivity index (χ1) is 14.3. The van der Waals surface area contributed by atoms with Crippen molar-refractivity contribution in [2.75, 3.05) is 5.32 Å². The predicted molar refractivity (Wildman–Crippen MR) is 120 cm³/mol. The van der Waals surface area contributed by atoms with Crippen LogP contribution in [0, 0.1) is 6.92 Å². The predicted octanol–water partition coefficient (Wildman–Crippen LogP) is 4.60. The maximum Gasteiger partial charge on any atom is 0.276 e. The highest BCUT2D eigenvalue weighted by molar-refractivity contribution is 7.89. The van der Waals surface area contributed by atoms with Crippen LogP contribution in [0.2, 0.25) is 5.02 Å². The Morgan fingerprint density at radius 2 is 1.67 bits per heavy atom. The van der Waals surface area contributed by atoms with Crippen molar-refractivity contribution in [2.24, 2.45) is 5.10 Å². The molecule has 0 fully saturated rings. The number of carbonyl (C=O) groups is 1. The lowest BCUT2D eigenvalue weighted by molar-refractivity contribution is 0.102. The van der Waals surface area contributed by atoms with Gasteiger partial charge in [0.15, 0.2) is 0 Å². The number of carbonyl (C=O) groups excluding carboxylic acids is 1. The van der Waals surface area contributed by atoms with Crippen LogP contribution in [-0.4, -0.2) is 20.0 Å². The van der Waals surface area contributed by atoms with Crippen LogP contribution in [0.1, 0.15) is 28.4 Å². The molecule has 0 heterocycles. The monoisotopic (exact) mass is 441 g/mol. The van der Waals surface area contributed by atoms with Crippen molar-refractivity contribution >= 4 is 38.9 Å². The van der Waals surface area contributed by atoms with E-state index in [1.165, 1.54) is 12.1 Å². The topological polar surface area (TPSA) is 87.6 Å². The quantitative estimate of drug-likeness (QED) is 0.432. The van der Waals surface area contributed by atoms with Crippen molar-refractivity contribution in [3.8, 4) is 0 Å². The van der Waals surface area contributed by atoms with Gasteiger partial charge in [-0.2, -0.15) is 18.4 Å².